The fourth-order valence-corrected chi connectivity index (χ4v) is 2.69. The Hall–Kier alpha value is -2.00. The Morgan fingerprint density at radius 3 is 2.60 bits per heavy atom. The van der Waals surface area contributed by atoms with Gasteiger partial charge in [-0.15, -0.1) is 0 Å². The van der Waals surface area contributed by atoms with Gasteiger partial charge in [-0.2, -0.15) is 0 Å². The number of carbonyl (C=O) groups excluding carboxylic acids is 2. The van der Waals surface area contributed by atoms with Crippen LogP contribution in [0, 0.1) is 11.3 Å². The Bertz CT molecular complexity index is 571. The van der Waals surface area contributed by atoms with Crippen LogP contribution in [0.1, 0.15) is 25.5 Å². The third-order valence-corrected chi connectivity index (χ3v) is 3.82. The Balaban J connectivity index is 2.34. The number of aldehydes is 1. The molecule has 1 aromatic carbocycles. The summed E-state index contributed by atoms with van der Waals surface area (Å²) < 4.78 is 0. The molecule has 3 unspecified atom stereocenters. The second-order valence-corrected chi connectivity index (χ2v) is 5.40. The summed E-state index contributed by atoms with van der Waals surface area (Å²) in [6.45, 7) is 3.53. The smallest absolute Gasteiger partial charge is 0.174 e. The number of ketones is 1. The maximum absolute atomic E-state index is 12.6. The molecule has 0 bridgehead atoms. The molecule has 0 fully saturated rings. The first kappa shape index (κ1) is 14.4. The molecule has 0 amide bonds. The maximum Gasteiger partial charge on any atom is 0.174 e. The summed E-state index contributed by atoms with van der Waals surface area (Å²) in [6, 6.07) is 8.78. The molecule has 0 heterocycles. The molecule has 2 rings (SSSR count). The van der Waals surface area contributed by atoms with Gasteiger partial charge in [0.2, 0.25) is 0 Å². The number of aliphatic hydroxyl groups is 1. The van der Waals surface area contributed by atoms with Gasteiger partial charge in [0.25, 0.3) is 0 Å². The zero-order chi connectivity index (χ0) is 14.8. The van der Waals surface area contributed by atoms with E-state index in [-0.39, 0.29) is 5.78 Å². The number of hydrogen-bond donors (Lipinski definition) is 1. The molecule has 0 radical (unpaired) electrons. The lowest BCUT2D eigenvalue weighted by atomic mass is 9.68. The van der Waals surface area contributed by atoms with Crippen molar-refractivity contribution in [3.05, 3.63) is 59.7 Å². The number of allylic oxidation sites excluding steroid dienone is 4. The number of hydrogen-bond acceptors (Lipinski definition) is 3. The van der Waals surface area contributed by atoms with Crippen LogP contribution in [0.2, 0.25) is 0 Å². The molecule has 1 aliphatic carbocycles. The van der Waals surface area contributed by atoms with Crippen molar-refractivity contribution in [3.8, 4) is 0 Å². The first-order valence-electron chi connectivity index (χ1n) is 6.58. The molecule has 1 aromatic rings. The van der Waals surface area contributed by atoms with Crippen LogP contribution in [0.4, 0.5) is 0 Å². The van der Waals surface area contributed by atoms with E-state index in [9.17, 15) is 14.7 Å². The average Bonchev–Trinajstić information content (AvgIpc) is 2.47. The fraction of sp³-hybridized carbons (Fsp3) is 0.294. The van der Waals surface area contributed by atoms with Crippen LogP contribution in [0.5, 0.6) is 0 Å². The van der Waals surface area contributed by atoms with E-state index in [2.05, 4.69) is 0 Å². The molecule has 0 aromatic heterocycles. The van der Waals surface area contributed by atoms with E-state index >= 15 is 0 Å². The summed E-state index contributed by atoms with van der Waals surface area (Å²) in [5, 5.41) is 10.3. The summed E-state index contributed by atoms with van der Waals surface area (Å²) >= 11 is 0. The van der Waals surface area contributed by atoms with Gasteiger partial charge in [0, 0.05) is 0 Å². The molecule has 20 heavy (non-hydrogen) atoms. The molecular formula is C17H18O3. The highest BCUT2D eigenvalue weighted by molar-refractivity contribution is 5.93. The van der Waals surface area contributed by atoms with Crippen molar-refractivity contribution in [3.63, 3.8) is 0 Å². The number of rotatable bonds is 4. The lowest BCUT2D eigenvalue weighted by molar-refractivity contribution is -0.135. The first-order valence-corrected chi connectivity index (χ1v) is 6.58. The average molecular weight is 270 g/mol. The Labute approximate surface area is 118 Å². The summed E-state index contributed by atoms with van der Waals surface area (Å²) in [5.74, 6) is -0.968. The largest absolute Gasteiger partial charge is 0.381 e. The highest BCUT2D eigenvalue weighted by Gasteiger charge is 2.41. The Morgan fingerprint density at radius 1 is 1.35 bits per heavy atom. The molecule has 0 spiro atoms. The molecule has 1 N–H and O–H groups in total. The first-order chi connectivity index (χ1) is 9.49. The van der Waals surface area contributed by atoms with Crippen LogP contribution >= 0.6 is 0 Å². The zero-order valence-corrected chi connectivity index (χ0v) is 11.6. The molecule has 0 aliphatic heterocycles. The molecule has 104 valence electrons. The van der Waals surface area contributed by atoms with Crippen LogP contribution in [-0.4, -0.2) is 17.2 Å². The van der Waals surface area contributed by atoms with Gasteiger partial charge in [0.1, 0.15) is 12.4 Å². The van der Waals surface area contributed by atoms with E-state index in [0.717, 1.165) is 11.9 Å². The van der Waals surface area contributed by atoms with Gasteiger partial charge in [-0.05, 0) is 19.4 Å². The third-order valence-electron chi connectivity index (χ3n) is 3.82. The summed E-state index contributed by atoms with van der Waals surface area (Å²) in [4.78, 5) is 24.0. The quantitative estimate of drug-likeness (QED) is 0.856. The van der Waals surface area contributed by atoms with E-state index in [1.807, 2.05) is 19.1 Å². The zero-order valence-electron chi connectivity index (χ0n) is 11.6. The number of Topliss-reactive ketones (excluding diaryl/α,β-unsaturated/α-hetero) is 1. The Morgan fingerprint density at radius 2 is 2.00 bits per heavy atom. The lowest BCUT2D eigenvalue weighted by Crippen LogP contribution is -2.38. The van der Waals surface area contributed by atoms with E-state index in [4.69, 9.17) is 0 Å². The van der Waals surface area contributed by atoms with Gasteiger partial charge in [0.15, 0.2) is 5.78 Å². The predicted octanol–water partition coefficient (Wildman–Crippen LogP) is 2.63. The second kappa shape index (κ2) is 5.55. The van der Waals surface area contributed by atoms with Crippen LogP contribution in [0.15, 0.2) is 54.1 Å². The van der Waals surface area contributed by atoms with Crippen molar-refractivity contribution < 1.29 is 14.7 Å². The van der Waals surface area contributed by atoms with E-state index in [1.165, 1.54) is 0 Å². The summed E-state index contributed by atoms with van der Waals surface area (Å²) in [6.07, 6.45) is 4.87. The minimum absolute atomic E-state index is 0.344. The lowest BCUT2D eigenvalue weighted by Gasteiger charge is -2.33. The maximum atomic E-state index is 12.6. The molecular weight excluding hydrogens is 252 g/mol. The van der Waals surface area contributed by atoms with Crippen molar-refractivity contribution in [2.45, 2.75) is 20.0 Å². The van der Waals surface area contributed by atoms with Gasteiger partial charge < -0.3 is 9.90 Å². The van der Waals surface area contributed by atoms with Gasteiger partial charge in [-0.25, -0.2) is 0 Å². The van der Waals surface area contributed by atoms with Gasteiger partial charge in [-0.3, -0.25) is 4.79 Å². The SMILES string of the molecule is CC1=CC=CC(C)(C=O)C1C(=O)C(O)c1ccccc1. The number of carbonyl (C=O) groups is 2. The van der Waals surface area contributed by atoms with Crippen LogP contribution in [-0.2, 0) is 9.59 Å². The van der Waals surface area contributed by atoms with Gasteiger partial charge >= 0.3 is 0 Å². The van der Waals surface area contributed by atoms with Crippen molar-refractivity contribution in [1.29, 1.82) is 0 Å². The Kier molecular flexibility index (Phi) is 4.00. The third kappa shape index (κ3) is 2.49. The molecule has 1 aliphatic rings. The topological polar surface area (TPSA) is 54.4 Å². The van der Waals surface area contributed by atoms with E-state index < -0.39 is 17.4 Å². The van der Waals surface area contributed by atoms with Crippen LogP contribution in [0.25, 0.3) is 0 Å². The monoisotopic (exact) mass is 270 g/mol. The van der Waals surface area contributed by atoms with Gasteiger partial charge in [0.05, 0.1) is 11.3 Å². The number of benzene rings is 1. The molecule has 3 nitrogen and oxygen atoms in total. The molecule has 3 heteroatoms. The molecule has 0 saturated carbocycles. The summed E-state index contributed by atoms with van der Waals surface area (Å²) in [7, 11) is 0. The van der Waals surface area contributed by atoms with E-state index in [0.29, 0.717) is 5.56 Å². The number of aliphatic hydroxyl groups excluding tert-OH is 1. The predicted molar refractivity (Wildman–Crippen MR) is 77.0 cm³/mol. The fourth-order valence-electron chi connectivity index (χ4n) is 2.69. The molecule has 0 saturated heterocycles. The summed E-state index contributed by atoms with van der Waals surface area (Å²) in [5.41, 5.74) is 0.446. The highest BCUT2D eigenvalue weighted by atomic mass is 16.3. The normalized spacial score (nSPS) is 26.8. The van der Waals surface area contributed by atoms with Crippen molar-refractivity contribution in [2.75, 3.05) is 0 Å². The van der Waals surface area contributed by atoms with Crippen molar-refractivity contribution >= 4 is 12.1 Å². The standard InChI is InChI=1S/C17H18O3/c1-12-7-6-10-17(2,11-18)14(12)16(20)15(19)13-8-4-3-5-9-13/h3-11,14-15,19H,1-2H3. The molecule has 3 atom stereocenters. The van der Waals surface area contributed by atoms with Crippen LogP contribution < -0.4 is 0 Å². The van der Waals surface area contributed by atoms with Crippen molar-refractivity contribution in [1.82, 2.24) is 0 Å². The van der Waals surface area contributed by atoms with Gasteiger partial charge in [-0.1, -0.05) is 54.1 Å². The minimum atomic E-state index is -1.21. The van der Waals surface area contributed by atoms with E-state index in [1.54, 1.807) is 43.3 Å². The second-order valence-electron chi connectivity index (χ2n) is 5.40. The minimum Gasteiger partial charge on any atom is -0.381 e. The van der Waals surface area contributed by atoms with Crippen LogP contribution in [0.3, 0.4) is 0 Å². The van der Waals surface area contributed by atoms with Crippen molar-refractivity contribution in [2.24, 2.45) is 11.3 Å². The highest BCUT2D eigenvalue weighted by Crippen LogP contribution is 2.39.